The van der Waals surface area contributed by atoms with Gasteiger partial charge < -0.3 is 14.6 Å². The predicted molar refractivity (Wildman–Crippen MR) is 94.4 cm³/mol. The van der Waals surface area contributed by atoms with Gasteiger partial charge in [-0.1, -0.05) is 60.6 Å². The van der Waals surface area contributed by atoms with Crippen LogP contribution in [-0.4, -0.2) is 50.1 Å². The van der Waals surface area contributed by atoms with Gasteiger partial charge in [0.1, 0.15) is 4.83 Å². The molecule has 2 aliphatic heterocycles. The van der Waals surface area contributed by atoms with Crippen molar-refractivity contribution in [2.45, 2.75) is 77.6 Å². The van der Waals surface area contributed by atoms with Crippen molar-refractivity contribution in [3.63, 3.8) is 0 Å². The van der Waals surface area contributed by atoms with E-state index in [9.17, 15) is 5.11 Å². The van der Waals surface area contributed by atoms with Gasteiger partial charge in [-0.05, 0) is 12.8 Å². The average Bonchev–Trinajstić information content (AvgIpc) is 2.85. The summed E-state index contributed by atoms with van der Waals surface area (Å²) in [4.78, 5) is 0.177. The molecule has 0 bridgehead atoms. The van der Waals surface area contributed by atoms with E-state index >= 15 is 0 Å². The van der Waals surface area contributed by atoms with Crippen molar-refractivity contribution < 1.29 is 14.6 Å². The lowest BCUT2D eigenvalue weighted by Gasteiger charge is -2.34. The molecule has 2 saturated heterocycles. The second kappa shape index (κ2) is 8.12. The molecule has 0 saturated carbocycles. The molecule has 0 aliphatic carbocycles. The fraction of sp³-hybridized carbons (Fsp3) is 0.867. The quantitative estimate of drug-likeness (QED) is 0.489. The first-order valence-electron chi connectivity index (χ1n) is 7.33. The van der Waals surface area contributed by atoms with Crippen LogP contribution in [0.15, 0.2) is 0 Å². The zero-order valence-electron chi connectivity index (χ0n) is 11.9. The Morgan fingerprint density at radius 3 is 2.43 bits per heavy atom. The third kappa shape index (κ3) is 4.45. The van der Waals surface area contributed by atoms with Crippen LogP contribution in [0.4, 0.5) is 0 Å². The summed E-state index contributed by atoms with van der Waals surface area (Å²) in [5.41, 5.74) is 0. The molecule has 2 heterocycles. The number of rotatable bonds is 3. The number of terminal acetylenes is 1. The predicted octanol–water partition coefficient (Wildman–Crippen LogP) is 3.39. The van der Waals surface area contributed by atoms with Gasteiger partial charge in [0.05, 0.1) is 30.5 Å². The van der Waals surface area contributed by atoms with Gasteiger partial charge in [0, 0.05) is 22.5 Å². The summed E-state index contributed by atoms with van der Waals surface area (Å²) >= 11 is 10.7. The van der Waals surface area contributed by atoms with Crippen LogP contribution >= 0.6 is 47.8 Å². The number of aliphatic hydroxyl groups excluding tert-OH is 1. The molecule has 0 aromatic carbocycles. The van der Waals surface area contributed by atoms with Crippen molar-refractivity contribution in [3.8, 4) is 12.3 Å². The lowest BCUT2D eigenvalue weighted by Crippen LogP contribution is -2.42. The summed E-state index contributed by atoms with van der Waals surface area (Å²) in [5.74, 6) is 2.67. The van der Waals surface area contributed by atoms with Crippen molar-refractivity contribution in [3.05, 3.63) is 0 Å². The van der Waals surface area contributed by atoms with Crippen LogP contribution in [0.2, 0.25) is 0 Å². The van der Waals surface area contributed by atoms with Gasteiger partial charge in [0.15, 0.2) is 0 Å². The summed E-state index contributed by atoms with van der Waals surface area (Å²) in [5, 5.41) is 10.3. The monoisotopic (exact) mass is 486 g/mol. The zero-order chi connectivity index (χ0) is 15.6. The number of hydrogen-bond donors (Lipinski definition) is 1. The summed E-state index contributed by atoms with van der Waals surface area (Å²) in [6.45, 7) is 2.12. The second-order valence-electron chi connectivity index (χ2n) is 5.71. The summed E-state index contributed by atoms with van der Waals surface area (Å²) in [6.07, 6.45) is 8.04. The Labute approximate surface area is 151 Å². The van der Waals surface area contributed by atoms with Gasteiger partial charge in [-0.25, -0.2) is 0 Å². The molecule has 2 aliphatic rings. The van der Waals surface area contributed by atoms with Crippen LogP contribution in [0.1, 0.15) is 32.6 Å². The van der Waals surface area contributed by atoms with Crippen LogP contribution in [0.5, 0.6) is 0 Å². The number of aliphatic hydroxyl groups is 1. The molecule has 2 fully saturated rings. The summed E-state index contributed by atoms with van der Waals surface area (Å²) < 4.78 is 12.3. The van der Waals surface area contributed by atoms with Gasteiger partial charge in [0.25, 0.3) is 0 Å². The SMILES string of the molecule is C#CC(Br)C1CC2OC(C(Br)CC)CC(Br)C(O)CC2O1. The Hall–Kier alpha value is 0.880. The fourth-order valence-corrected chi connectivity index (χ4v) is 4.20. The van der Waals surface area contributed by atoms with Gasteiger partial charge in [-0.15, -0.1) is 6.42 Å². The van der Waals surface area contributed by atoms with E-state index in [2.05, 4.69) is 60.6 Å². The molecular weight excluding hydrogens is 468 g/mol. The Morgan fingerprint density at radius 1 is 1.19 bits per heavy atom. The number of ether oxygens (including phenoxy) is 2. The molecule has 0 aromatic rings. The first kappa shape index (κ1) is 18.2. The molecule has 0 spiro atoms. The molecule has 0 amide bonds. The summed E-state index contributed by atoms with van der Waals surface area (Å²) in [7, 11) is 0. The smallest absolute Gasteiger partial charge is 0.101 e. The molecule has 8 unspecified atom stereocenters. The second-order valence-corrected chi connectivity index (χ2v) is 9.05. The first-order valence-corrected chi connectivity index (χ1v) is 10.1. The van der Waals surface area contributed by atoms with Crippen molar-refractivity contribution in [1.29, 1.82) is 0 Å². The standard InChI is InChI=1S/C15H21Br3O3/c1-3-8(16)12-5-10(18)11(19)6-14-15(20-12)7-13(21-14)9(17)4-2/h2,8-15,19H,3,5-7H2,1H3. The molecule has 21 heavy (non-hydrogen) atoms. The van der Waals surface area contributed by atoms with Crippen LogP contribution in [-0.2, 0) is 9.47 Å². The highest BCUT2D eigenvalue weighted by Gasteiger charge is 2.44. The lowest BCUT2D eigenvalue weighted by atomic mass is 9.96. The molecule has 0 aromatic heterocycles. The number of alkyl halides is 3. The normalized spacial score (nSPS) is 43.2. The van der Waals surface area contributed by atoms with E-state index in [1.165, 1.54) is 0 Å². The number of fused-ring (bicyclic) bond motifs is 1. The van der Waals surface area contributed by atoms with Crippen LogP contribution < -0.4 is 0 Å². The highest BCUT2D eigenvalue weighted by Crippen LogP contribution is 2.37. The third-order valence-electron chi connectivity index (χ3n) is 4.21. The molecule has 8 atom stereocenters. The van der Waals surface area contributed by atoms with Crippen LogP contribution in [0, 0.1) is 12.3 Å². The van der Waals surface area contributed by atoms with Gasteiger partial charge >= 0.3 is 0 Å². The average molecular weight is 489 g/mol. The minimum Gasteiger partial charge on any atom is -0.392 e. The third-order valence-corrected chi connectivity index (χ3v) is 7.28. The van der Waals surface area contributed by atoms with E-state index in [0.717, 1.165) is 19.3 Å². The maximum Gasteiger partial charge on any atom is 0.101 e. The van der Waals surface area contributed by atoms with E-state index in [4.69, 9.17) is 15.9 Å². The number of halogens is 3. The zero-order valence-corrected chi connectivity index (χ0v) is 16.7. The van der Waals surface area contributed by atoms with Crippen molar-refractivity contribution in [2.75, 3.05) is 0 Å². The lowest BCUT2D eigenvalue weighted by molar-refractivity contribution is -0.0879. The van der Waals surface area contributed by atoms with E-state index < -0.39 is 6.10 Å². The first-order chi connectivity index (χ1) is 9.96. The number of hydrogen-bond acceptors (Lipinski definition) is 3. The van der Waals surface area contributed by atoms with Crippen LogP contribution in [0.3, 0.4) is 0 Å². The van der Waals surface area contributed by atoms with E-state index in [1.54, 1.807) is 0 Å². The molecular formula is C15H21Br3O3. The topological polar surface area (TPSA) is 38.7 Å². The molecule has 2 rings (SSSR count). The Bertz CT molecular complexity index is 387. The highest BCUT2D eigenvalue weighted by atomic mass is 79.9. The Morgan fingerprint density at radius 2 is 1.81 bits per heavy atom. The fourth-order valence-electron chi connectivity index (χ4n) is 2.94. The Kier molecular flexibility index (Phi) is 7.05. The Balaban J connectivity index is 2.12. The summed E-state index contributed by atoms with van der Waals surface area (Å²) in [6, 6.07) is 0. The highest BCUT2D eigenvalue weighted by molar-refractivity contribution is 9.10. The van der Waals surface area contributed by atoms with Crippen molar-refractivity contribution >= 4 is 47.8 Å². The van der Waals surface area contributed by atoms with E-state index in [1.807, 2.05) is 0 Å². The van der Waals surface area contributed by atoms with Gasteiger partial charge in [-0.3, -0.25) is 0 Å². The van der Waals surface area contributed by atoms with Crippen LogP contribution in [0.25, 0.3) is 0 Å². The van der Waals surface area contributed by atoms with Gasteiger partial charge in [-0.2, -0.15) is 0 Å². The molecule has 120 valence electrons. The minimum atomic E-state index is -0.432. The molecule has 6 heteroatoms. The van der Waals surface area contributed by atoms with E-state index in [-0.39, 0.29) is 38.9 Å². The molecule has 0 radical (unpaired) electrons. The maximum atomic E-state index is 10.3. The van der Waals surface area contributed by atoms with Crippen molar-refractivity contribution in [2.24, 2.45) is 0 Å². The molecule has 3 nitrogen and oxygen atoms in total. The molecule has 1 N–H and O–H groups in total. The maximum absolute atomic E-state index is 10.3. The van der Waals surface area contributed by atoms with E-state index in [0.29, 0.717) is 6.42 Å². The minimum absolute atomic E-state index is 0.00495. The van der Waals surface area contributed by atoms with Crippen molar-refractivity contribution in [1.82, 2.24) is 0 Å². The largest absolute Gasteiger partial charge is 0.392 e. The van der Waals surface area contributed by atoms with Gasteiger partial charge in [0.2, 0.25) is 0 Å².